The number of thioether (sulfide) groups is 1. The number of carbonyl (C=O) groups is 1. The van der Waals surface area contributed by atoms with Crippen LogP contribution in [0.5, 0.6) is 0 Å². The van der Waals surface area contributed by atoms with Gasteiger partial charge in [-0.2, -0.15) is 0 Å². The van der Waals surface area contributed by atoms with Gasteiger partial charge in [-0.25, -0.2) is 0 Å². The summed E-state index contributed by atoms with van der Waals surface area (Å²) in [7, 11) is 0. The van der Waals surface area contributed by atoms with Gasteiger partial charge in [0.15, 0.2) is 17.0 Å². The van der Waals surface area contributed by atoms with Crippen molar-refractivity contribution in [3.63, 3.8) is 0 Å². The van der Waals surface area contributed by atoms with Crippen molar-refractivity contribution >= 4 is 17.5 Å². The van der Waals surface area contributed by atoms with E-state index in [1.807, 2.05) is 0 Å². The van der Waals surface area contributed by atoms with Gasteiger partial charge in [0.05, 0.1) is 0 Å². The van der Waals surface area contributed by atoms with E-state index in [9.17, 15) is 9.90 Å². The van der Waals surface area contributed by atoms with Crippen molar-refractivity contribution in [2.75, 3.05) is 5.75 Å². The van der Waals surface area contributed by atoms with Crippen molar-refractivity contribution < 1.29 is 14.6 Å². The Hall–Kier alpha value is -0.320. The SMILES string of the molecule is O=C1C=CC(O)OC12CCCS2. The Kier molecular flexibility index (Phi) is 1.98. The number of rotatable bonds is 0. The minimum Gasteiger partial charge on any atom is -0.365 e. The summed E-state index contributed by atoms with van der Waals surface area (Å²) in [6.45, 7) is 0. The summed E-state index contributed by atoms with van der Waals surface area (Å²) in [4.78, 5) is 10.7. The van der Waals surface area contributed by atoms with E-state index in [1.54, 1.807) is 0 Å². The van der Waals surface area contributed by atoms with E-state index >= 15 is 0 Å². The second-order valence-electron chi connectivity index (χ2n) is 2.94. The van der Waals surface area contributed by atoms with E-state index < -0.39 is 11.2 Å². The molecule has 2 unspecified atom stereocenters. The van der Waals surface area contributed by atoms with Crippen molar-refractivity contribution in [1.29, 1.82) is 0 Å². The van der Waals surface area contributed by atoms with Gasteiger partial charge in [0, 0.05) is 0 Å². The van der Waals surface area contributed by atoms with Crippen LogP contribution >= 0.6 is 11.8 Å². The smallest absolute Gasteiger partial charge is 0.197 e. The summed E-state index contributed by atoms with van der Waals surface area (Å²) in [6.07, 6.45) is 3.60. The van der Waals surface area contributed by atoms with E-state index in [4.69, 9.17) is 4.74 Å². The highest BCUT2D eigenvalue weighted by Gasteiger charge is 2.45. The molecule has 0 aromatic heterocycles. The lowest BCUT2D eigenvalue weighted by Crippen LogP contribution is -2.41. The van der Waals surface area contributed by atoms with Gasteiger partial charge in [0.25, 0.3) is 0 Å². The van der Waals surface area contributed by atoms with Gasteiger partial charge in [0.2, 0.25) is 0 Å². The zero-order chi connectivity index (χ0) is 8.60. The highest BCUT2D eigenvalue weighted by Crippen LogP contribution is 2.42. The van der Waals surface area contributed by atoms with Crippen molar-refractivity contribution in [2.24, 2.45) is 0 Å². The molecule has 0 amide bonds. The fraction of sp³-hybridized carbons (Fsp3) is 0.625. The fourth-order valence-corrected chi connectivity index (χ4v) is 2.77. The molecular formula is C8H10O3S. The van der Waals surface area contributed by atoms with Crippen molar-refractivity contribution in [3.8, 4) is 0 Å². The monoisotopic (exact) mass is 186 g/mol. The first-order valence-electron chi connectivity index (χ1n) is 3.95. The topological polar surface area (TPSA) is 46.5 Å². The van der Waals surface area contributed by atoms with Crippen molar-refractivity contribution in [1.82, 2.24) is 0 Å². The number of ketones is 1. The first-order chi connectivity index (χ1) is 5.73. The van der Waals surface area contributed by atoms with E-state index in [1.165, 1.54) is 23.9 Å². The average Bonchev–Trinajstić information content (AvgIpc) is 2.48. The minimum atomic E-state index is -0.909. The van der Waals surface area contributed by atoms with Gasteiger partial charge in [-0.3, -0.25) is 4.79 Å². The molecule has 0 saturated carbocycles. The van der Waals surface area contributed by atoms with Crippen LogP contribution in [0.2, 0.25) is 0 Å². The molecule has 0 aromatic carbocycles. The molecule has 2 rings (SSSR count). The second kappa shape index (κ2) is 2.87. The van der Waals surface area contributed by atoms with Crippen LogP contribution < -0.4 is 0 Å². The van der Waals surface area contributed by atoms with Crippen LogP contribution in [0.4, 0.5) is 0 Å². The summed E-state index contributed by atoms with van der Waals surface area (Å²) >= 11 is 1.49. The average molecular weight is 186 g/mol. The molecule has 3 nitrogen and oxygen atoms in total. The number of aliphatic hydroxyl groups excluding tert-OH is 1. The van der Waals surface area contributed by atoms with E-state index in [0.717, 1.165) is 18.6 Å². The molecule has 4 heteroatoms. The third-order valence-corrected chi connectivity index (χ3v) is 3.54. The van der Waals surface area contributed by atoms with Crippen molar-refractivity contribution in [3.05, 3.63) is 12.2 Å². The van der Waals surface area contributed by atoms with Crippen LogP contribution in [0.1, 0.15) is 12.8 Å². The molecule has 0 radical (unpaired) electrons. The summed E-state index contributed by atoms with van der Waals surface area (Å²) in [6, 6.07) is 0. The number of hydrogen-bond acceptors (Lipinski definition) is 4. The largest absolute Gasteiger partial charge is 0.365 e. The maximum Gasteiger partial charge on any atom is 0.197 e. The zero-order valence-corrected chi connectivity index (χ0v) is 7.34. The van der Waals surface area contributed by atoms with Crippen LogP contribution in [0.3, 0.4) is 0 Å². The van der Waals surface area contributed by atoms with Gasteiger partial charge in [0.1, 0.15) is 0 Å². The molecule has 2 aliphatic heterocycles. The molecule has 2 heterocycles. The van der Waals surface area contributed by atoms with Gasteiger partial charge in [-0.15, -0.1) is 11.8 Å². The Morgan fingerprint density at radius 1 is 1.75 bits per heavy atom. The zero-order valence-electron chi connectivity index (χ0n) is 6.53. The second-order valence-corrected chi connectivity index (χ2v) is 4.29. The van der Waals surface area contributed by atoms with Crippen LogP contribution in [-0.4, -0.2) is 27.9 Å². The molecule has 0 aliphatic carbocycles. The lowest BCUT2D eigenvalue weighted by molar-refractivity contribution is -0.155. The van der Waals surface area contributed by atoms with Crippen LogP contribution in [0, 0.1) is 0 Å². The molecule has 1 spiro atoms. The molecule has 66 valence electrons. The maximum absolute atomic E-state index is 11.4. The molecule has 0 aromatic rings. The summed E-state index contributed by atoms with van der Waals surface area (Å²) < 4.78 is 5.23. The maximum atomic E-state index is 11.4. The molecule has 2 atom stereocenters. The van der Waals surface area contributed by atoms with Gasteiger partial charge >= 0.3 is 0 Å². The molecule has 2 aliphatic rings. The molecule has 12 heavy (non-hydrogen) atoms. The number of carbonyl (C=O) groups excluding carboxylic acids is 1. The molecule has 1 fully saturated rings. The molecule has 0 bridgehead atoms. The summed E-state index contributed by atoms with van der Waals surface area (Å²) in [5.74, 6) is 0.919. The van der Waals surface area contributed by atoms with E-state index in [2.05, 4.69) is 0 Å². The van der Waals surface area contributed by atoms with Crippen LogP contribution in [0.15, 0.2) is 12.2 Å². The molecular weight excluding hydrogens is 176 g/mol. The number of hydrogen-bond donors (Lipinski definition) is 1. The number of ether oxygens (including phenoxy) is 1. The molecule has 1 saturated heterocycles. The first-order valence-corrected chi connectivity index (χ1v) is 4.94. The highest BCUT2D eigenvalue weighted by molar-refractivity contribution is 8.01. The fourth-order valence-electron chi connectivity index (χ4n) is 1.49. The standard InChI is InChI=1S/C8H10O3S/c9-6-2-3-7(10)11-8(6)4-1-5-12-8/h2-3,7,10H,1,4-5H2. The lowest BCUT2D eigenvalue weighted by Gasteiger charge is -2.30. The first kappa shape index (κ1) is 8.29. The predicted octanol–water partition coefficient (Wildman–Crippen LogP) is 0.684. The Balaban J connectivity index is 2.24. The van der Waals surface area contributed by atoms with Gasteiger partial charge in [-0.1, -0.05) is 0 Å². The van der Waals surface area contributed by atoms with Crippen LogP contribution in [0.25, 0.3) is 0 Å². The summed E-state index contributed by atoms with van der Waals surface area (Å²) in [5, 5.41) is 9.18. The van der Waals surface area contributed by atoms with E-state index in [0.29, 0.717) is 0 Å². The Morgan fingerprint density at radius 2 is 2.58 bits per heavy atom. The Bertz CT molecular complexity index is 230. The number of aliphatic hydroxyl groups is 1. The van der Waals surface area contributed by atoms with Gasteiger partial charge < -0.3 is 9.84 Å². The quantitative estimate of drug-likeness (QED) is 0.604. The highest BCUT2D eigenvalue weighted by atomic mass is 32.2. The Morgan fingerprint density at radius 3 is 3.25 bits per heavy atom. The van der Waals surface area contributed by atoms with Crippen LogP contribution in [-0.2, 0) is 9.53 Å². The third kappa shape index (κ3) is 1.20. The Labute approximate surface area is 74.8 Å². The predicted molar refractivity (Wildman–Crippen MR) is 45.7 cm³/mol. The van der Waals surface area contributed by atoms with Crippen molar-refractivity contribution in [2.45, 2.75) is 24.1 Å². The lowest BCUT2D eigenvalue weighted by atomic mass is 10.1. The third-order valence-electron chi connectivity index (χ3n) is 2.08. The summed E-state index contributed by atoms with van der Waals surface area (Å²) in [5.41, 5.74) is 0. The van der Waals surface area contributed by atoms with E-state index in [-0.39, 0.29) is 5.78 Å². The molecule has 1 N–H and O–H groups in total. The van der Waals surface area contributed by atoms with Gasteiger partial charge in [-0.05, 0) is 30.7 Å². The normalized spacial score (nSPS) is 41.1. The minimum absolute atomic E-state index is 0.0182.